The lowest BCUT2D eigenvalue weighted by atomic mass is 10.0. The molecule has 0 radical (unpaired) electrons. The minimum atomic E-state index is -0.231. The van der Waals surface area contributed by atoms with Crippen molar-refractivity contribution in [3.63, 3.8) is 0 Å². The fourth-order valence-electron chi connectivity index (χ4n) is 3.52. The third-order valence-corrected chi connectivity index (χ3v) is 5.67. The molecule has 0 aliphatic carbocycles. The predicted molar refractivity (Wildman–Crippen MR) is 119 cm³/mol. The number of carbonyl (C=O) groups excluding carboxylic acids is 1. The summed E-state index contributed by atoms with van der Waals surface area (Å²) in [6.45, 7) is 6.10. The molecule has 0 fully saturated rings. The van der Waals surface area contributed by atoms with Gasteiger partial charge >= 0.3 is 5.97 Å². The molecular weight excluding hydrogens is 398 g/mol. The molecule has 1 N–H and O–H groups in total. The fourth-order valence-corrected chi connectivity index (χ4v) is 3.64. The average Bonchev–Trinajstić information content (AvgIpc) is 3.11. The van der Waals surface area contributed by atoms with Crippen molar-refractivity contribution >= 4 is 17.6 Å². The Morgan fingerprint density at radius 2 is 1.97 bits per heavy atom. The topological polar surface area (TPSA) is 67.9 Å². The number of pyridine rings is 1. The maximum Gasteiger partial charge on any atom is 0.306 e. The van der Waals surface area contributed by atoms with Gasteiger partial charge in [0.1, 0.15) is 6.10 Å². The smallest absolute Gasteiger partial charge is 0.306 e. The summed E-state index contributed by atoms with van der Waals surface area (Å²) in [7, 11) is 0. The van der Waals surface area contributed by atoms with Crippen LogP contribution in [0.3, 0.4) is 0 Å². The van der Waals surface area contributed by atoms with Crippen LogP contribution < -0.4 is 0 Å². The van der Waals surface area contributed by atoms with Gasteiger partial charge in [0, 0.05) is 35.1 Å². The molecule has 1 unspecified atom stereocenters. The van der Waals surface area contributed by atoms with E-state index in [-0.39, 0.29) is 12.1 Å². The van der Waals surface area contributed by atoms with Crippen LogP contribution in [0.15, 0.2) is 42.7 Å². The number of rotatable bonds is 9. The highest BCUT2D eigenvalue weighted by Gasteiger charge is 2.17. The summed E-state index contributed by atoms with van der Waals surface area (Å²) in [4.78, 5) is 16.5. The lowest BCUT2D eigenvalue weighted by Gasteiger charge is -2.18. The largest absolute Gasteiger partial charge is 0.457 e. The van der Waals surface area contributed by atoms with Gasteiger partial charge in [-0.2, -0.15) is 5.10 Å². The maximum absolute atomic E-state index is 12.5. The van der Waals surface area contributed by atoms with Crippen LogP contribution in [-0.2, 0) is 16.0 Å². The van der Waals surface area contributed by atoms with E-state index >= 15 is 0 Å². The molecule has 3 aromatic rings. The molecule has 0 aliphatic rings. The Balaban J connectivity index is 1.56. The molecule has 2 aromatic heterocycles. The highest BCUT2D eigenvalue weighted by Crippen LogP contribution is 2.28. The second-order valence-corrected chi connectivity index (χ2v) is 7.95. The fraction of sp³-hybridized carbons (Fsp3) is 0.375. The number of H-pyrrole nitrogens is 1. The lowest BCUT2D eigenvalue weighted by molar-refractivity contribution is -0.150. The van der Waals surface area contributed by atoms with E-state index in [1.54, 1.807) is 12.4 Å². The van der Waals surface area contributed by atoms with Crippen molar-refractivity contribution in [1.82, 2.24) is 15.2 Å². The van der Waals surface area contributed by atoms with Gasteiger partial charge in [0.25, 0.3) is 0 Å². The van der Waals surface area contributed by atoms with Crippen LogP contribution in [0.25, 0.3) is 11.3 Å². The summed E-state index contributed by atoms with van der Waals surface area (Å²) in [5, 5.41) is 8.26. The third-order valence-electron chi connectivity index (χ3n) is 5.25. The van der Waals surface area contributed by atoms with Gasteiger partial charge < -0.3 is 4.74 Å². The van der Waals surface area contributed by atoms with Crippen LogP contribution in [0.2, 0.25) is 5.02 Å². The minimum Gasteiger partial charge on any atom is -0.457 e. The number of aromatic nitrogens is 3. The Labute approximate surface area is 182 Å². The molecule has 5 nitrogen and oxygen atoms in total. The first-order valence-corrected chi connectivity index (χ1v) is 10.8. The quantitative estimate of drug-likeness (QED) is 0.417. The molecule has 0 spiro atoms. The molecule has 1 atom stereocenters. The first-order valence-electron chi connectivity index (χ1n) is 10.4. The molecule has 0 aliphatic heterocycles. The van der Waals surface area contributed by atoms with E-state index < -0.39 is 0 Å². The number of esters is 1. The summed E-state index contributed by atoms with van der Waals surface area (Å²) >= 11 is 6.13. The van der Waals surface area contributed by atoms with E-state index in [0.29, 0.717) is 12.8 Å². The first kappa shape index (κ1) is 22.0. The van der Waals surface area contributed by atoms with Gasteiger partial charge in [-0.3, -0.25) is 14.9 Å². The summed E-state index contributed by atoms with van der Waals surface area (Å²) in [6.07, 6.45) is 6.84. The van der Waals surface area contributed by atoms with Gasteiger partial charge in [-0.15, -0.1) is 0 Å². The van der Waals surface area contributed by atoms with Crippen LogP contribution in [0.1, 0.15) is 61.1 Å². The number of aromatic amines is 1. The van der Waals surface area contributed by atoms with Crippen LogP contribution in [-0.4, -0.2) is 21.2 Å². The lowest BCUT2D eigenvalue weighted by Crippen LogP contribution is -2.12. The molecular formula is C24H28ClN3O2. The molecule has 0 amide bonds. The first-order chi connectivity index (χ1) is 14.5. The maximum atomic E-state index is 12.5. The van der Waals surface area contributed by atoms with Gasteiger partial charge in [0.15, 0.2) is 0 Å². The van der Waals surface area contributed by atoms with Gasteiger partial charge in [-0.1, -0.05) is 37.1 Å². The summed E-state index contributed by atoms with van der Waals surface area (Å²) in [5.41, 5.74) is 6.11. The summed E-state index contributed by atoms with van der Waals surface area (Å²) in [6, 6.07) is 9.69. The molecule has 6 heteroatoms. The molecule has 30 heavy (non-hydrogen) atoms. The van der Waals surface area contributed by atoms with Crippen molar-refractivity contribution in [2.75, 3.05) is 0 Å². The molecule has 2 heterocycles. The third kappa shape index (κ3) is 5.48. The monoisotopic (exact) mass is 425 g/mol. The van der Waals surface area contributed by atoms with Gasteiger partial charge in [-0.25, -0.2) is 0 Å². The van der Waals surface area contributed by atoms with Crippen LogP contribution in [0.5, 0.6) is 0 Å². The zero-order chi connectivity index (χ0) is 21.5. The van der Waals surface area contributed by atoms with Crippen molar-refractivity contribution in [1.29, 1.82) is 0 Å². The molecule has 0 saturated carbocycles. The Bertz CT molecular complexity index is 985. The molecule has 3 rings (SSSR count). The van der Waals surface area contributed by atoms with Crippen molar-refractivity contribution < 1.29 is 9.53 Å². The van der Waals surface area contributed by atoms with Crippen molar-refractivity contribution in [2.24, 2.45) is 0 Å². The standard InChI is InChI=1S/C24H28ClN3O2/c1-4-6-22(19-9-10-20(25)16(2)15-19)30-23(29)8-5-7-21-17(3)24(28-27-21)18-11-13-26-14-12-18/h9-15,22H,4-8H2,1-3H3,(H,27,28). The predicted octanol–water partition coefficient (Wildman–Crippen LogP) is 6.15. The zero-order valence-corrected chi connectivity index (χ0v) is 18.5. The number of hydrogen-bond donors (Lipinski definition) is 1. The number of benzene rings is 1. The van der Waals surface area contributed by atoms with E-state index in [4.69, 9.17) is 16.3 Å². The number of carbonyl (C=O) groups is 1. The summed E-state index contributed by atoms with van der Waals surface area (Å²) in [5.74, 6) is -0.174. The highest BCUT2D eigenvalue weighted by atomic mass is 35.5. The molecule has 0 bridgehead atoms. The van der Waals surface area contributed by atoms with Gasteiger partial charge in [-0.05, 0) is 68.0 Å². The van der Waals surface area contributed by atoms with E-state index in [0.717, 1.165) is 57.9 Å². The van der Waals surface area contributed by atoms with E-state index in [1.807, 2.05) is 44.2 Å². The Hall–Kier alpha value is -2.66. The number of ether oxygens (including phenoxy) is 1. The van der Waals surface area contributed by atoms with Gasteiger partial charge in [0.2, 0.25) is 0 Å². The molecule has 158 valence electrons. The van der Waals surface area contributed by atoms with Crippen LogP contribution >= 0.6 is 11.6 Å². The van der Waals surface area contributed by atoms with Crippen molar-refractivity contribution in [2.45, 2.75) is 59.0 Å². The zero-order valence-electron chi connectivity index (χ0n) is 17.7. The van der Waals surface area contributed by atoms with E-state index in [2.05, 4.69) is 22.1 Å². The van der Waals surface area contributed by atoms with Crippen molar-refractivity contribution in [3.05, 3.63) is 70.1 Å². The highest BCUT2D eigenvalue weighted by molar-refractivity contribution is 6.31. The van der Waals surface area contributed by atoms with Gasteiger partial charge in [0.05, 0.1) is 5.69 Å². The second kappa shape index (κ2) is 10.4. The van der Waals surface area contributed by atoms with E-state index in [1.165, 1.54) is 0 Å². The SMILES string of the molecule is CCCC(OC(=O)CCCc1[nH]nc(-c2ccncc2)c1C)c1ccc(Cl)c(C)c1. The summed E-state index contributed by atoms with van der Waals surface area (Å²) < 4.78 is 5.80. The number of aryl methyl sites for hydroxylation is 2. The Morgan fingerprint density at radius 3 is 2.67 bits per heavy atom. The van der Waals surface area contributed by atoms with Crippen LogP contribution in [0.4, 0.5) is 0 Å². The second-order valence-electron chi connectivity index (χ2n) is 7.54. The number of nitrogens with zero attached hydrogens (tertiary/aromatic N) is 2. The van der Waals surface area contributed by atoms with Crippen molar-refractivity contribution in [3.8, 4) is 11.3 Å². The normalized spacial score (nSPS) is 12.0. The Morgan fingerprint density at radius 1 is 1.20 bits per heavy atom. The number of nitrogens with one attached hydrogen (secondary N) is 1. The number of halogens is 1. The number of hydrogen-bond acceptors (Lipinski definition) is 4. The molecule has 0 saturated heterocycles. The minimum absolute atomic E-state index is 0.174. The Kier molecular flexibility index (Phi) is 7.63. The van der Waals surface area contributed by atoms with Crippen LogP contribution in [0, 0.1) is 13.8 Å². The molecule has 1 aromatic carbocycles. The van der Waals surface area contributed by atoms with E-state index in [9.17, 15) is 4.79 Å². The average molecular weight is 426 g/mol.